The van der Waals surface area contributed by atoms with E-state index in [0.29, 0.717) is 6.42 Å². The average molecular weight is 216 g/mol. The monoisotopic (exact) mass is 216 g/mol. The zero-order valence-corrected chi connectivity index (χ0v) is 9.57. The van der Waals surface area contributed by atoms with Crippen LogP contribution in [0.5, 0.6) is 0 Å². The molecule has 0 amide bonds. The highest BCUT2D eigenvalue weighted by molar-refractivity contribution is 5.27. The predicted molar refractivity (Wildman–Crippen MR) is 63.2 cm³/mol. The number of hydrogen-bond donors (Lipinski definition) is 2. The maximum absolute atomic E-state index is 10.1. The van der Waals surface area contributed by atoms with Crippen LogP contribution in [0.25, 0.3) is 0 Å². The lowest BCUT2D eigenvalue weighted by Crippen LogP contribution is -2.05. The molecule has 0 aliphatic rings. The number of rotatable bonds is 3. The van der Waals surface area contributed by atoms with Gasteiger partial charge in [0.05, 0.1) is 12.0 Å². The Morgan fingerprint density at radius 3 is 2.69 bits per heavy atom. The molecule has 1 aromatic carbocycles. The summed E-state index contributed by atoms with van der Waals surface area (Å²) in [6.45, 7) is 3.98. The molecule has 0 saturated heterocycles. The third kappa shape index (κ3) is 2.14. The van der Waals surface area contributed by atoms with Gasteiger partial charge in [0.1, 0.15) is 6.10 Å². The molecular weight excluding hydrogens is 200 g/mol. The Hall–Kier alpha value is -1.61. The molecular formula is C13H16N2O. The van der Waals surface area contributed by atoms with Gasteiger partial charge in [-0.05, 0) is 25.0 Å². The fourth-order valence-corrected chi connectivity index (χ4v) is 1.85. The summed E-state index contributed by atoms with van der Waals surface area (Å²) in [5.41, 5.74) is 4.04. The van der Waals surface area contributed by atoms with Crippen LogP contribution in [0.15, 0.2) is 30.6 Å². The standard InChI is InChI=1S/C13H16N2O/c1-9-5-3-4-6-11(9)7-12(16)13-10(2)14-8-15-13/h3-6,8,12,16H,7H2,1-2H3,(H,14,15). The second kappa shape index (κ2) is 4.49. The van der Waals surface area contributed by atoms with Crippen molar-refractivity contribution in [3.8, 4) is 0 Å². The van der Waals surface area contributed by atoms with Crippen LogP contribution >= 0.6 is 0 Å². The highest BCUT2D eigenvalue weighted by atomic mass is 16.3. The quantitative estimate of drug-likeness (QED) is 0.827. The minimum atomic E-state index is -0.535. The fourth-order valence-electron chi connectivity index (χ4n) is 1.85. The SMILES string of the molecule is Cc1ccccc1CC(O)c1nc[nH]c1C. The molecule has 1 atom stereocenters. The molecule has 0 aliphatic heterocycles. The normalized spacial score (nSPS) is 12.7. The molecule has 0 bridgehead atoms. The first-order valence-electron chi connectivity index (χ1n) is 5.41. The first kappa shape index (κ1) is 10.9. The van der Waals surface area contributed by atoms with E-state index in [1.54, 1.807) is 6.33 Å². The Morgan fingerprint density at radius 2 is 2.06 bits per heavy atom. The lowest BCUT2D eigenvalue weighted by Gasteiger charge is -2.11. The number of aliphatic hydroxyl groups is 1. The van der Waals surface area contributed by atoms with Crippen molar-refractivity contribution < 1.29 is 5.11 Å². The zero-order chi connectivity index (χ0) is 11.5. The smallest absolute Gasteiger partial charge is 0.102 e. The number of aromatic nitrogens is 2. The lowest BCUT2D eigenvalue weighted by molar-refractivity contribution is 0.173. The van der Waals surface area contributed by atoms with E-state index in [-0.39, 0.29) is 0 Å². The second-order valence-corrected chi connectivity index (χ2v) is 4.06. The Bertz CT molecular complexity index is 476. The van der Waals surface area contributed by atoms with Gasteiger partial charge in [0.25, 0.3) is 0 Å². The Kier molecular flexibility index (Phi) is 3.06. The van der Waals surface area contributed by atoms with Crippen molar-refractivity contribution in [2.75, 3.05) is 0 Å². The molecule has 16 heavy (non-hydrogen) atoms. The maximum Gasteiger partial charge on any atom is 0.102 e. The van der Waals surface area contributed by atoms with Crippen LogP contribution in [0, 0.1) is 13.8 Å². The topological polar surface area (TPSA) is 48.9 Å². The van der Waals surface area contributed by atoms with E-state index < -0.39 is 6.10 Å². The van der Waals surface area contributed by atoms with Crippen LogP contribution in [-0.2, 0) is 6.42 Å². The Morgan fingerprint density at radius 1 is 1.31 bits per heavy atom. The molecule has 84 valence electrons. The number of benzene rings is 1. The minimum absolute atomic E-state index is 0.535. The highest BCUT2D eigenvalue weighted by Crippen LogP contribution is 2.20. The van der Waals surface area contributed by atoms with Crippen molar-refractivity contribution in [2.24, 2.45) is 0 Å². The first-order valence-corrected chi connectivity index (χ1v) is 5.41. The van der Waals surface area contributed by atoms with Crippen LogP contribution < -0.4 is 0 Å². The van der Waals surface area contributed by atoms with E-state index in [9.17, 15) is 5.11 Å². The van der Waals surface area contributed by atoms with E-state index in [1.807, 2.05) is 25.1 Å². The molecule has 2 aromatic rings. The molecule has 2 rings (SSSR count). The third-order valence-corrected chi connectivity index (χ3v) is 2.86. The van der Waals surface area contributed by atoms with E-state index in [1.165, 1.54) is 5.56 Å². The van der Waals surface area contributed by atoms with Crippen LogP contribution in [0.2, 0.25) is 0 Å². The summed E-state index contributed by atoms with van der Waals surface area (Å²) in [7, 11) is 0. The van der Waals surface area contributed by atoms with Crippen molar-refractivity contribution in [1.29, 1.82) is 0 Å². The van der Waals surface area contributed by atoms with Crippen molar-refractivity contribution >= 4 is 0 Å². The Balaban J connectivity index is 2.17. The van der Waals surface area contributed by atoms with Crippen molar-refractivity contribution in [2.45, 2.75) is 26.4 Å². The number of H-pyrrole nitrogens is 1. The van der Waals surface area contributed by atoms with Crippen molar-refractivity contribution in [3.05, 3.63) is 53.1 Å². The van der Waals surface area contributed by atoms with Crippen LogP contribution in [0.1, 0.15) is 28.6 Å². The van der Waals surface area contributed by atoms with Gasteiger partial charge in [0, 0.05) is 12.1 Å². The molecule has 2 N–H and O–H groups in total. The van der Waals surface area contributed by atoms with E-state index in [0.717, 1.165) is 17.0 Å². The van der Waals surface area contributed by atoms with Crippen molar-refractivity contribution in [3.63, 3.8) is 0 Å². The van der Waals surface area contributed by atoms with Crippen LogP contribution in [-0.4, -0.2) is 15.1 Å². The van der Waals surface area contributed by atoms with E-state index in [4.69, 9.17) is 0 Å². The van der Waals surface area contributed by atoms with Gasteiger partial charge >= 0.3 is 0 Å². The summed E-state index contributed by atoms with van der Waals surface area (Å²) in [5, 5.41) is 10.1. The molecule has 3 heteroatoms. The summed E-state index contributed by atoms with van der Waals surface area (Å²) < 4.78 is 0. The summed E-state index contributed by atoms with van der Waals surface area (Å²) in [6, 6.07) is 8.09. The number of hydrogen-bond acceptors (Lipinski definition) is 2. The van der Waals surface area contributed by atoms with Gasteiger partial charge in [-0.3, -0.25) is 0 Å². The molecule has 0 aliphatic carbocycles. The fraction of sp³-hybridized carbons (Fsp3) is 0.308. The van der Waals surface area contributed by atoms with E-state index in [2.05, 4.69) is 23.0 Å². The first-order chi connectivity index (χ1) is 7.68. The molecule has 1 heterocycles. The molecule has 0 fully saturated rings. The van der Waals surface area contributed by atoms with Crippen LogP contribution in [0.4, 0.5) is 0 Å². The largest absolute Gasteiger partial charge is 0.386 e. The summed E-state index contributed by atoms with van der Waals surface area (Å²) in [6.07, 6.45) is 1.69. The van der Waals surface area contributed by atoms with Gasteiger partial charge in [-0.2, -0.15) is 0 Å². The lowest BCUT2D eigenvalue weighted by atomic mass is 10.0. The minimum Gasteiger partial charge on any atom is -0.386 e. The van der Waals surface area contributed by atoms with E-state index >= 15 is 0 Å². The highest BCUT2D eigenvalue weighted by Gasteiger charge is 2.14. The molecule has 1 aromatic heterocycles. The molecule has 0 saturated carbocycles. The number of aryl methyl sites for hydroxylation is 2. The average Bonchev–Trinajstić information content (AvgIpc) is 2.68. The zero-order valence-electron chi connectivity index (χ0n) is 9.57. The number of aliphatic hydroxyl groups excluding tert-OH is 1. The summed E-state index contributed by atoms with van der Waals surface area (Å²) >= 11 is 0. The molecule has 1 unspecified atom stereocenters. The third-order valence-electron chi connectivity index (χ3n) is 2.86. The number of nitrogens with zero attached hydrogens (tertiary/aromatic N) is 1. The Labute approximate surface area is 95.2 Å². The predicted octanol–water partition coefficient (Wildman–Crippen LogP) is 2.30. The molecule has 3 nitrogen and oxygen atoms in total. The summed E-state index contributed by atoms with van der Waals surface area (Å²) in [4.78, 5) is 7.11. The molecule has 0 radical (unpaired) electrons. The second-order valence-electron chi connectivity index (χ2n) is 4.06. The number of aromatic amines is 1. The van der Waals surface area contributed by atoms with Gasteiger partial charge in [-0.25, -0.2) is 4.98 Å². The van der Waals surface area contributed by atoms with Gasteiger partial charge in [-0.1, -0.05) is 24.3 Å². The van der Waals surface area contributed by atoms with Crippen LogP contribution in [0.3, 0.4) is 0 Å². The van der Waals surface area contributed by atoms with Crippen molar-refractivity contribution in [1.82, 2.24) is 9.97 Å². The number of imidazole rings is 1. The van der Waals surface area contributed by atoms with Gasteiger partial charge < -0.3 is 10.1 Å². The summed E-state index contributed by atoms with van der Waals surface area (Å²) in [5.74, 6) is 0. The van der Waals surface area contributed by atoms with Gasteiger partial charge in [-0.15, -0.1) is 0 Å². The maximum atomic E-state index is 10.1. The van der Waals surface area contributed by atoms with Gasteiger partial charge in [0.15, 0.2) is 0 Å². The van der Waals surface area contributed by atoms with Gasteiger partial charge in [0.2, 0.25) is 0 Å². The molecule has 0 spiro atoms. The number of nitrogens with one attached hydrogen (secondary N) is 1.